The molecule has 144 valence electrons. The Hall–Kier alpha value is -2.31. The second-order valence-corrected chi connectivity index (χ2v) is 6.52. The van der Waals surface area contributed by atoms with E-state index in [-0.39, 0.29) is 36.6 Å². The largest absolute Gasteiger partial charge is 0.486 e. The molecule has 4 rings (SSSR count). The Kier molecular flexibility index (Phi) is 6.19. The molecule has 0 aliphatic carbocycles. The first-order chi connectivity index (χ1) is 12.7. The van der Waals surface area contributed by atoms with Crippen LogP contribution in [0.15, 0.2) is 42.5 Å². The van der Waals surface area contributed by atoms with Crippen molar-refractivity contribution >= 4 is 18.3 Å². The number of rotatable bonds is 3. The average Bonchev–Trinajstić information content (AvgIpc) is 2.68. The molecule has 7 heteroatoms. The third-order valence-electron chi connectivity index (χ3n) is 4.76. The van der Waals surface area contributed by atoms with Crippen LogP contribution >= 0.6 is 12.4 Å². The first-order valence-electron chi connectivity index (χ1n) is 8.85. The Labute approximate surface area is 163 Å². The van der Waals surface area contributed by atoms with Crippen LogP contribution in [0.25, 0.3) is 0 Å². The molecule has 2 aliphatic heterocycles. The number of amides is 1. The number of piperazine rings is 1. The van der Waals surface area contributed by atoms with Gasteiger partial charge in [0.25, 0.3) is 0 Å². The number of carbonyl (C=O) groups is 1. The quantitative estimate of drug-likeness (QED) is 0.872. The van der Waals surface area contributed by atoms with Gasteiger partial charge in [-0.05, 0) is 35.4 Å². The Morgan fingerprint density at radius 3 is 2.78 bits per heavy atom. The van der Waals surface area contributed by atoms with E-state index in [9.17, 15) is 9.18 Å². The number of nitrogens with one attached hydrogen (secondary N) is 1. The maximum absolute atomic E-state index is 13.6. The molecule has 0 saturated carbocycles. The van der Waals surface area contributed by atoms with Crippen LogP contribution in [0.2, 0.25) is 0 Å². The van der Waals surface area contributed by atoms with Gasteiger partial charge in [0.05, 0.1) is 12.5 Å². The van der Waals surface area contributed by atoms with E-state index in [4.69, 9.17) is 9.47 Å². The predicted molar refractivity (Wildman–Crippen MR) is 102 cm³/mol. The monoisotopic (exact) mass is 392 g/mol. The van der Waals surface area contributed by atoms with Crippen LogP contribution < -0.4 is 14.8 Å². The average molecular weight is 393 g/mol. The van der Waals surface area contributed by atoms with E-state index >= 15 is 0 Å². The van der Waals surface area contributed by atoms with Gasteiger partial charge in [-0.25, -0.2) is 4.39 Å². The molecular weight excluding hydrogens is 371 g/mol. The van der Waals surface area contributed by atoms with Gasteiger partial charge < -0.3 is 19.7 Å². The van der Waals surface area contributed by atoms with Crippen LogP contribution in [0.4, 0.5) is 4.39 Å². The number of benzene rings is 2. The summed E-state index contributed by atoms with van der Waals surface area (Å²) in [5.41, 5.74) is 1.70. The van der Waals surface area contributed by atoms with Crippen molar-refractivity contribution in [1.29, 1.82) is 0 Å². The molecule has 2 aromatic rings. The number of hydrogen-bond donors (Lipinski definition) is 1. The van der Waals surface area contributed by atoms with Gasteiger partial charge in [0.1, 0.15) is 19.0 Å². The third kappa shape index (κ3) is 4.34. The molecule has 1 atom stereocenters. The zero-order valence-electron chi connectivity index (χ0n) is 14.8. The summed E-state index contributed by atoms with van der Waals surface area (Å²) in [6.07, 6.45) is 0.280. The number of nitrogens with zero attached hydrogens (tertiary/aromatic N) is 1. The van der Waals surface area contributed by atoms with E-state index in [0.717, 1.165) is 17.7 Å². The van der Waals surface area contributed by atoms with Gasteiger partial charge in [0, 0.05) is 19.6 Å². The lowest BCUT2D eigenvalue weighted by molar-refractivity contribution is -0.133. The molecule has 1 N–H and O–H groups in total. The smallest absolute Gasteiger partial charge is 0.227 e. The van der Waals surface area contributed by atoms with Crippen molar-refractivity contribution in [3.05, 3.63) is 59.4 Å². The highest BCUT2D eigenvalue weighted by atomic mass is 35.5. The zero-order valence-corrected chi connectivity index (χ0v) is 15.6. The summed E-state index contributed by atoms with van der Waals surface area (Å²) in [5, 5.41) is 3.29. The third-order valence-corrected chi connectivity index (χ3v) is 4.76. The summed E-state index contributed by atoms with van der Waals surface area (Å²) >= 11 is 0. The van der Waals surface area contributed by atoms with Crippen molar-refractivity contribution < 1.29 is 18.7 Å². The molecule has 1 unspecified atom stereocenters. The van der Waals surface area contributed by atoms with E-state index in [1.807, 2.05) is 29.2 Å². The van der Waals surface area contributed by atoms with Crippen molar-refractivity contribution in [2.45, 2.75) is 12.5 Å². The highest BCUT2D eigenvalue weighted by molar-refractivity contribution is 5.85. The van der Waals surface area contributed by atoms with Crippen LogP contribution in [-0.2, 0) is 11.2 Å². The minimum Gasteiger partial charge on any atom is -0.486 e. The van der Waals surface area contributed by atoms with E-state index < -0.39 is 0 Å². The molecule has 0 bridgehead atoms. The maximum Gasteiger partial charge on any atom is 0.227 e. The van der Waals surface area contributed by atoms with Crippen molar-refractivity contribution in [3.8, 4) is 11.5 Å². The number of halogens is 2. The van der Waals surface area contributed by atoms with Crippen LogP contribution in [0.3, 0.4) is 0 Å². The molecule has 1 amide bonds. The lowest BCUT2D eigenvalue weighted by Crippen LogP contribution is -2.49. The summed E-state index contributed by atoms with van der Waals surface area (Å²) in [6, 6.07) is 11.9. The fraction of sp³-hybridized carbons (Fsp3) is 0.350. The summed E-state index contributed by atoms with van der Waals surface area (Å²) < 4.78 is 24.7. The lowest BCUT2D eigenvalue weighted by Gasteiger charge is -2.36. The Bertz CT molecular complexity index is 818. The molecule has 2 heterocycles. The van der Waals surface area contributed by atoms with Gasteiger partial charge in [0.2, 0.25) is 5.91 Å². The molecule has 0 radical (unpaired) electrons. The van der Waals surface area contributed by atoms with Crippen LogP contribution in [-0.4, -0.2) is 43.7 Å². The molecule has 1 saturated heterocycles. The molecule has 27 heavy (non-hydrogen) atoms. The van der Waals surface area contributed by atoms with Crippen LogP contribution in [0, 0.1) is 5.82 Å². The molecule has 0 spiro atoms. The standard InChI is InChI=1S/C20H21FN2O3.ClH/c21-16-3-1-2-15(12-16)17-13-22-6-7-23(17)20(24)11-14-4-5-18-19(10-14)26-9-8-25-18;/h1-5,10,12,17,22H,6-9,11,13H2;1H. The van der Waals surface area contributed by atoms with Gasteiger partial charge in [-0.3, -0.25) is 4.79 Å². The van der Waals surface area contributed by atoms with Crippen LogP contribution in [0.5, 0.6) is 11.5 Å². The second kappa shape index (κ2) is 8.59. The van der Waals surface area contributed by atoms with Crippen molar-refractivity contribution in [2.75, 3.05) is 32.8 Å². The van der Waals surface area contributed by atoms with Crippen LogP contribution in [0.1, 0.15) is 17.2 Å². The fourth-order valence-electron chi connectivity index (χ4n) is 3.49. The van der Waals surface area contributed by atoms with Gasteiger partial charge in [-0.1, -0.05) is 18.2 Å². The highest BCUT2D eigenvalue weighted by Gasteiger charge is 2.28. The van der Waals surface area contributed by atoms with Crippen molar-refractivity contribution in [1.82, 2.24) is 10.2 Å². The Balaban J connectivity index is 0.00000210. The summed E-state index contributed by atoms with van der Waals surface area (Å²) in [7, 11) is 0. The molecule has 5 nitrogen and oxygen atoms in total. The van der Waals surface area contributed by atoms with E-state index in [0.29, 0.717) is 37.8 Å². The first kappa shape index (κ1) is 19.5. The summed E-state index contributed by atoms with van der Waals surface area (Å²) in [5.74, 6) is 1.14. The molecule has 0 aromatic heterocycles. The van der Waals surface area contributed by atoms with E-state index in [1.165, 1.54) is 12.1 Å². The number of fused-ring (bicyclic) bond motifs is 1. The topological polar surface area (TPSA) is 50.8 Å². The molecule has 2 aromatic carbocycles. The van der Waals surface area contributed by atoms with Gasteiger partial charge in [-0.2, -0.15) is 0 Å². The minimum absolute atomic E-state index is 0. The second-order valence-electron chi connectivity index (χ2n) is 6.52. The molecule has 2 aliphatic rings. The minimum atomic E-state index is -0.285. The number of ether oxygens (including phenoxy) is 2. The normalized spacial score (nSPS) is 18.6. The van der Waals surface area contributed by atoms with Gasteiger partial charge >= 0.3 is 0 Å². The molecule has 1 fully saturated rings. The summed E-state index contributed by atoms with van der Waals surface area (Å²) in [6.45, 7) is 3.02. The van der Waals surface area contributed by atoms with E-state index in [1.54, 1.807) is 6.07 Å². The lowest BCUT2D eigenvalue weighted by atomic mass is 10.0. The predicted octanol–water partition coefficient (Wildman–Crippen LogP) is 2.73. The number of carbonyl (C=O) groups excluding carboxylic acids is 1. The Morgan fingerprint density at radius 1 is 1.15 bits per heavy atom. The van der Waals surface area contributed by atoms with Crippen molar-refractivity contribution in [2.24, 2.45) is 0 Å². The molecular formula is C20H22ClFN2O3. The SMILES string of the molecule is Cl.O=C(Cc1ccc2c(c1)OCCO2)N1CCNCC1c1cccc(F)c1. The fourth-order valence-corrected chi connectivity index (χ4v) is 3.49. The summed E-state index contributed by atoms with van der Waals surface area (Å²) in [4.78, 5) is 14.8. The number of hydrogen-bond acceptors (Lipinski definition) is 4. The van der Waals surface area contributed by atoms with E-state index in [2.05, 4.69) is 5.32 Å². The first-order valence-corrected chi connectivity index (χ1v) is 8.85. The van der Waals surface area contributed by atoms with Gasteiger partial charge in [-0.15, -0.1) is 12.4 Å². The highest BCUT2D eigenvalue weighted by Crippen LogP contribution is 2.31. The maximum atomic E-state index is 13.6. The Morgan fingerprint density at radius 2 is 1.96 bits per heavy atom. The van der Waals surface area contributed by atoms with Crippen molar-refractivity contribution in [3.63, 3.8) is 0 Å². The van der Waals surface area contributed by atoms with Gasteiger partial charge in [0.15, 0.2) is 11.5 Å². The zero-order chi connectivity index (χ0) is 17.9.